The van der Waals surface area contributed by atoms with Crippen molar-refractivity contribution in [3.8, 4) is 0 Å². The van der Waals surface area contributed by atoms with Crippen LogP contribution in [0.15, 0.2) is 24.3 Å². The molecule has 0 spiro atoms. The highest BCUT2D eigenvalue weighted by atomic mass is 16.6. The van der Waals surface area contributed by atoms with Crippen LogP contribution < -0.4 is 5.73 Å². The number of hydrogen-bond acceptors (Lipinski definition) is 3. The molecule has 1 aromatic rings. The van der Waals surface area contributed by atoms with E-state index in [1.165, 1.54) is 12.1 Å². The molecule has 0 unspecified atom stereocenters. The molecule has 4 heteroatoms. The molecule has 1 aliphatic carbocycles. The van der Waals surface area contributed by atoms with Gasteiger partial charge in [0.25, 0.3) is 5.69 Å². The van der Waals surface area contributed by atoms with Crippen molar-refractivity contribution in [1.29, 1.82) is 0 Å². The van der Waals surface area contributed by atoms with Crippen LogP contribution in [0, 0.1) is 15.5 Å². The Kier molecular flexibility index (Phi) is 2.04. The van der Waals surface area contributed by atoms with E-state index in [0.29, 0.717) is 5.92 Å². The number of nitro benzene ring substituents is 1. The van der Waals surface area contributed by atoms with Crippen LogP contribution in [0.2, 0.25) is 0 Å². The highest BCUT2D eigenvalue weighted by molar-refractivity contribution is 5.40. The quantitative estimate of drug-likeness (QED) is 0.594. The molecule has 15 heavy (non-hydrogen) atoms. The smallest absolute Gasteiger partial charge is 0.269 e. The lowest BCUT2D eigenvalue weighted by Gasteiger charge is -2.01. The summed E-state index contributed by atoms with van der Waals surface area (Å²) in [7, 11) is 0. The fraction of sp³-hybridized carbons (Fsp3) is 0.455. The van der Waals surface area contributed by atoms with Crippen LogP contribution in [-0.2, 0) is 0 Å². The van der Waals surface area contributed by atoms with Gasteiger partial charge in [0.05, 0.1) is 4.92 Å². The van der Waals surface area contributed by atoms with Crippen molar-refractivity contribution < 1.29 is 4.92 Å². The molecule has 2 N–H and O–H groups in total. The first-order valence-corrected chi connectivity index (χ1v) is 4.94. The van der Waals surface area contributed by atoms with Crippen molar-refractivity contribution in [2.45, 2.75) is 25.8 Å². The summed E-state index contributed by atoms with van der Waals surface area (Å²) < 4.78 is 0. The zero-order valence-electron chi connectivity index (χ0n) is 8.81. The lowest BCUT2D eigenvalue weighted by Crippen LogP contribution is -2.06. The predicted octanol–water partition coefficient (Wildman–Crippen LogP) is 2.05. The Morgan fingerprint density at radius 1 is 1.33 bits per heavy atom. The van der Waals surface area contributed by atoms with Crippen molar-refractivity contribution >= 4 is 5.69 Å². The van der Waals surface area contributed by atoms with Crippen molar-refractivity contribution in [1.82, 2.24) is 0 Å². The number of nitrogens with zero attached hydrogens (tertiary/aromatic N) is 1. The average Bonchev–Trinajstić information content (AvgIpc) is 2.66. The number of rotatable bonds is 2. The minimum absolute atomic E-state index is 0.121. The average molecular weight is 206 g/mol. The Balaban J connectivity index is 2.23. The maximum absolute atomic E-state index is 10.5. The normalized spacial score (nSPS) is 27.4. The Labute approximate surface area is 88.2 Å². The van der Waals surface area contributed by atoms with Crippen LogP contribution >= 0.6 is 0 Å². The van der Waals surface area contributed by atoms with Gasteiger partial charge in [-0.2, -0.15) is 0 Å². The zero-order valence-corrected chi connectivity index (χ0v) is 8.81. The lowest BCUT2D eigenvalue weighted by molar-refractivity contribution is -0.384. The van der Waals surface area contributed by atoms with E-state index in [4.69, 9.17) is 5.73 Å². The van der Waals surface area contributed by atoms with Gasteiger partial charge in [-0.3, -0.25) is 10.1 Å². The number of nitrogens with two attached hydrogens (primary N) is 1. The Morgan fingerprint density at radius 3 is 2.13 bits per heavy atom. The van der Waals surface area contributed by atoms with Crippen LogP contribution in [0.5, 0.6) is 0 Å². The molecular formula is C11H14N2O2. The molecule has 1 aliphatic rings. The summed E-state index contributed by atoms with van der Waals surface area (Å²) >= 11 is 0. The molecule has 2 atom stereocenters. The third-order valence-corrected chi connectivity index (χ3v) is 3.37. The molecule has 0 radical (unpaired) electrons. The summed E-state index contributed by atoms with van der Waals surface area (Å²) in [6.45, 7) is 4.23. The maximum atomic E-state index is 10.5. The molecule has 0 amide bonds. The molecule has 1 aromatic carbocycles. The molecule has 0 saturated heterocycles. The summed E-state index contributed by atoms with van der Waals surface area (Å²) in [4.78, 5) is 10.1. The van der Waals surface area contributed by atoms with Crippen molar-refractivity contribution in [3.05, 3.63) is 39.9 Å². The highest BCUT2D eigenvalue weighted by Crippen LogP contribution is 2.57. The lowest BCUT2D eigenvalue weighted by atomic mass is 10.0. The van der Waals surface area contributed by atoms with Crippen molar-refractivity contribution in [2.75, 3.05) is 0 Å². The Morgan fingerprint density at radius 2 is 1.80 bits per heavy atom. The second-order valence-electron chi connectivity index (χ2n) is 4.67. The van der Waals surface area contributed by atoms with E-state index < -0.39 is 0 Å². The molecule has 0 aliphatic heterocycles. The first-order valence-electron chi connectivity index (χ1n) is 4.94. The summed E-state index contributed by atoms with van der Waals surface area (Å²) in [6.07, 6.45) is 0. The number of benzene rings is 1. The van der Waals surface area contributed by atoms with E-state index in [-0.39, 0.29) is 22.1 Å². The van der Waals surface area contributed by atoms with Crippen LogP contribution in [0.3, 0.4) is 0 Å². The van der Waals surface area contributed by atoms with Gasteiger partial charge in [-0.1, -0.05) is 26.0 Å². The molecule has 1 fully saturated rings. The zero-order chi connectivity index (χ0) is 11.2. The van der Waals surface area contributed by atoms with Crippen LogP contribution in [0.25, 0.3) is 0 Å². The summed E-state index contributed by atoms with van der Waals surface area (Å²) in [6, 6.07) is 6.85. The van der Waals surface area contributed by atoms with Gasteiger partial charge in [0, 0.05) is 24.1 Å². The molecule has 4 nitrogen and oxygen atoms in total. The fourth-order valence-corrected chi connectivity index (χ4v) is 2.12. The predicted molar refractivity (Wildman–Crippen MR) is 57.6 cm³/mol. The van der Waals surface area contributed by atoms with Crippen LogP contribution in [0.4, 0.5) is 5.69 Å². The van der Waals surface area contributed by atoms with Gasteiger partial charge >= 0.3 is 0 Å². The highest BCUT2D eigenvalue weighted by Gasteiger charge is 2.56. The van der Waals surface area contributed by atoms with E-state index in [0.717, 1.165) is 5.56 Å². The number of nitro groups is 1. The molecule has 0 aromatic heterocycles. The van der Waals surface area contributed by atoms with E-state index in [1.54, 1.807) is 12.1 Å². The number of non-ortho nitro benzene ring substituents is 1. The molecule has 0 bridgehead atoms. The third kappa shape index (κ3) is 1.51. The first kappa shape index (κ1) is 10.1. The van der Waals surface area contributed by atoms with Gasteiger partial charge in [-0.25, -0.2) is 0 Å². The second-order valence-corrected chi connectivity index (χ2v) is 4.67. The monoisotopic (exact) mass is 206 g/mol. The summed E-state index contributed by atoms with van der Waals surface area (Å²) in [5.41, 5.74) is 7.29. The van der Waals surface area contributed by atoms with Gasteiger partial charge in [-0.05, 0) is 11.0 Å². The van der Waals surface area contributed by atoms with Crippen molar-refractivity contribution in [3.63, 3.8) is 0 Å². The summed E-state index contributed by atoms with van der Waals surface area (Å²) in [5.74, 6) is 0.332. The fourth-order valence-electron chi connectivity index (χ4n) is 2.12. The maximum Gasteiger partial charge on any atom is 0.269 e. The molecule has 0 heterocycles. The van der Waals surface area contributed by atoms with E-state index in [1.807, 2.05) is 0 Å². The van der Waals surface area contributed by atoms with Gasteiger partial charge in [0.2, 0.25) is 0 Å². The number of hydrogen-bond donors (Lipinski definition) is 1. The largest absolute Gasteiger partial charge is 0.327 e. The Hall–Kier alpha value is -1.42. The topological polar surface area (TPSA) is 69.2 Å². The van der Waals surface area contributed by atoms with Gasteiger partial charge in [0.15, 0.2) is 0 Å². The molecular weight excluding hydrogens is 192 g/mol. The van der Waals surface area contributed by atoms with E-state index >= 15 is 0 Å². The van der Waals surface area contributed by atoms with Crippen LogP contribution in [-0.4, -0.2) is 11.0 Å². The standard InChI is InChI=1S/C11H14N2O2/c1-11(2)9(10(11)12)7-3-5-8(6-4-7)13(14)15/h3-6,9-10H,12H2,1-2H3/t9-,10-/m1/s1. The third-order valence-electron chi connectivity index (χ3n) is 3.37. The summed E-state index contributed by atoms with van der Waals surface area (Å²) in [5, 5.41) is 10.5. The Bertz CT molecular complexity index is 398. The van der Waals surface area contributed by atoms with Gasteiger partial charge < -0.3 is 5.73 Å². The van der Waals surface area contributed by atoms with E-state index in [9.17, 15) is 10.1 Å². The molecule has 80 valence electrons. The minimum atomic E-state index is -0.387. The minimum Gasteiger partial charge on any atom is -0.327 e. The molecule has 1 saturated carbocycles. The molecule has 2 rings (SSSR count). The van der Waals surface area contributed by atoms with Crippen LogP contribution in [0.1, 0.15) is 25.3 Å². The van der Waals surface area contributed by atoms with Gasteiger partial charge in [-0.15, -0.1) is 0 Å². The SMILES string of the molecule is CC1(C)[C@H](N)[C@H]1c1ccc([N+](=O)[O-])cc1. The second kappa shape index (κ2) is 3.03. The first-order chi connectivity index (χ1) is 6.94. The van der Waals surface area contributed by atoms with Crippen molar-refractivity contribution in [2.24, 2.45) is 11.1 Å². The van der Waals surface area contributed by atoms with E-state index in [2.05, 4.69) is 13.8 Å². The van der Waals surface area contributed by atoms with Gasteiger partial charge in [0.1, 0.15) is 0 Å².